The van der Waals surface area contributed by atoms with Gasteiger partial charge in [-0.1, -0.05) is 0 Å². The molecule has 0 fully saturated rings. The topological polar surface area (TPSA) is 129 Å². The zero-order valence-electron chi connectivity index (χ0n) is 18.4. The van der Waals surface area contributed by atoms with E-state index in [4.69, 9.17) is 10.8 Å². The molecule has 0 bridgehead atoms. The fraction of sp³-hybridized carbons (Fsp3) is 0.261. The third-order valence-electron chi connectivity index (χ3n) is 5.44. The summed E-state index contributed by atoms with van der Waals surface area (Å²) in [4.78, 5) is 30.3. The number of nitrogens with zero attached hydrogens (tertiary/aromatic N) is 2. The molecule has 1 aliphatic heterocycles. The quantitative estimate of drug-likeness (QED) is 0.405. The first-order valence-corrected chi connectivity index (χ1v) is 11.1. The summed E-state index contributed by atoms with van der Waals surface area (Å²) in [7, 11) is 0. The van der Waals surface area contributed by atoms with Crippen LogP contribution in [0.25, 0.3) is 10.4 Å². The number of aromatic nitrogens is 1. The second-order valence-electron chi connectivity index (χ2n) is 8.36. The van der Waals surface area contributed by atoms with Crippen LogP contribution in [0, 0.1) is 11.6 Å². The Morgan fingerprint density at radius 2 is 1.94 bits per heavy atom. The normalized spacial score (nSPS) is 13.4. The average Bonchev–Trinajstić information content (AvgIpc) is 3.28. The molecule has 5 N–H and O–H groups in total. The Morgan fingerprint density at radius 3 is 2.53 bits per heavy atom. The summed E-state index contributed by atoms with van der Waals surface area (Å²) in [6, 6.07) is 6.51. The van der Waals surface area contributed by atoms with Gasteiger partial charge in [-0.25, -0.2) is 13.8 Å². The van der Waals surface area contributed by atoms with Gasteiger partial charge >= 0.3 is 0 Å². The van der Waals surface area contributed by atoms with Gasteiger partial charge < -0.3 is 26.2 Å². The molecule has 1 aromatic carbocycles. The number of hydrogen-bond donors (Lipinski definition) is 4. The Morgan fingerprint density at radius 1 is 1.26 bits per heavy atom. The lowest BCUT2D eigenvalue weighted by molar-refractivity contribution is 0.0744. The highest BCUT2D eigenvalue weighted by Gasteiger charge is 2.29. The van der Waals surface area contributed by atoms with E-state index in [-0.39, 0.29) is 52.2 Å². The molecular formula is C23H22F2N4O4S. The summed E-state index contributed by atoms with van der Waals surface area (Å²) in [5, 5.41) is 22.4. The van der Waals surface area contributed by atoms with Gasteiger partial charge in [0.15, 0.2) is 0 Å². The van der Waals surface area contributed by atoms with Crippen molar-refractivity contribution in [3.05, 3.63) is 64.4 Å². The van der Waals surface area contributed by atoms with E-state index in [1.807, 2.05) is 0 Å². The first-order chi connectivity index (χ1) is 16.0. The average molecular weight is 489 g/mol. The molecule has 3 heterocycles. The van der Waals surface area contributed by atoms with Crippen molar-refractivity contribution in [3.63, 3.8) is 0 Å². The van der Waals surface area contributed by atoms with Crippen LogP contribution in [0.3, 0.4) is 0 Å². The minimum atomic E-state index is -1.44. The van der Waals surface area contributed by atoms with Gasteiger partial charge in [0.1, 0.15) is 22.5 Å². The maximum Gasteiger partial charge on any atom is 0.256 e. The van der Waals surface area contributed by atoms with Crippen LogP contribution in [0.4, 0.5) is 19.6 Å². The van der Waals surface area contributed by atoms with Gasteiger partial charge in [0.05, 0.1) is 41.1 Å². The van der Waals surface area contributed by atoms with Gasteiger partial charge in [0, 0.05) is 11.4 Å². The number of carbonyl (C=O) groups excluding carboxylic acids is 2. The lowest BCUT2D eigenvalue weighted by Crippen LogP contribution is -2.26. The van der Waals surface area contributed by atoms with Crippen LogP contribution in [0.5, 0.6) is 0 Å². The number of aliphatic hydroxyl groups is 2. The van der Waals surface area contributed by atoms with E-state index in [2.05, 4.69) is 10.3 Å². The number of amides is 2. The number of primary amides is 1. The minimum Gasteiger partial charge on any atom is -0.395 e. The Bertz CT molecular complexity index is 1280. The number of aliphatic hydroxyl groups excluding tert-OH is 1. The minimum absolute atomic E-state index is 0.0191. The number of fused-ring (bicyclic) bond motifs is 1. The molecule has 11 heteroatoms. The summed E-state index contributed by atoms with van der Waals surface area (Å²) < 4.78 is 29.7. The highest BCUT2D eigenvalue weighted by Crippen LogP contribution is 2.40. The van der Waals surface area contributed by atoms with Crippen molar-refractivity contribution in [2.75, 3.05) is 18.5 Å². The second-order valence-corrected chi connectivity index (χ2v) is 9.41. The molecule has 0 aliphatic carbocycles. The number of hydrogen-bond acceptors (Lipinski definition) is 7. The van der Waals surface area contributed by atoms with Gasteiger partial charge in [0.25, 0.3) is 11.8 Å². The third kappa shape index (κ3) is 4.37. The summed E-state index contributed by atoms with van der Waals surface area (Å²) in [6.07, 6.45) is 0. The maximum absolute atomic E-state index is 14.8. The predicted octanol–water partition coefficient (Wildman–Crippen LogP) is 3.11. The van der Waals surface area contributed by atoms with E-state index in [9.17, 15) is 23.5 Å². The predicted molar refractivity (Wildman–Crippen MR) is 123 cm³/mol. The molecule has 0 spiro atoms. The zero-order chi connectivity index (χ0) is 24.8. The lowest BCUT2D eigenvalue weighted by atomic mass is 9.96. The number of β-amino-alcohol motifs (C(OH)–C–C–N with tert-alkyl or cyclic N) is 1. The largest absolute Gasteiger partial charge is 0.395 e. The summed E-state index contributed by atoms with van der Waals surface area (Å²) in [5.41, 5.74) is 4.71. The zero-order valence-corrected chi connectivity index (χ0v) is 19.2. The monoisotopic (exact) mass is 488 g/mol. The molecule has 8 nitrogen and oxygen atoms in total. The molecule has 0 atom stereocenters. The van der Waals surface area contributed by atoms with Gasteiger partial charge in [-0.2, -0.15) is 0 Å². The molecule has 0 saturated heterocycles. The van der Waals surface area contributed by atoms with E-state index in [0.29, 0.717) is 17.1 Å². The van der Waals surface area contributed by atoms with Crippen molar-refractivity contribution in [1.82, 2.24) is 9.88 Å². The highest BCUT2D eigenvalue weighted by molar-refractivity contribution is 7.20. The third-order valence-corrected chi connectivity index (χ3v) is 6.50. The smallest absolute Gasteiger partial charge is 0.256 e. The highest BCUT2D eigenvalue weighted by atomic mass is 32.1. The van der Waals surface area contributed by atoms with E-state index >= 15 is 0 Å². The molecule has 0 saturated carbocycles. The maximum atomic E-state index is 14.8. The van der Waals surface area contributed by atoms with Gasteiger partial charge in [-0.15, -0.1) is 11.3 Å². The Labute approximate surface area is 197 Å². The van der Waals surface area contributed by atoms with Crippen LogP contribution in [0.2, 0.25) is 0 Å². The van der Waals surface area contributed by atoms with E-state index in [0.717, 1.165) is 23.5 Å². The molecule has 178 valence electrons. The van der Waals surface area contributed by atoms with Crippen LogP contribution >= 0.6 is 11.3 Å². The summed E-state index contributed by atoms with van der Waals surface area (Å²) in [5.74, 6) is -2.51. The molecule has 4 rings (SSSR count). The number of pyridine rings is 1. The van der Waals surface area contributed by atoms with Crippen LogP contribution in [0.1, 0.15) is 45.8 Å². The SMILES string of the molecule is CC(C)(O)c1cc(F)c(-c2cc(C(N)=O)c(Nc3ccc4c(n3)CN(CCO)C4=O)s2)c(F)c1. The van der Waals surface area contributed by atoms with Crippen molar-refractivity contribution in [2.24, 2.45) is 5.73 Å². The summed E-state index contributed by atoms with van der Waals surface area (Å²) in [6.45, 7) is 3.07. The molecule has 34 heavy (non-hydrogen) atoms. The van der Waals surface area contributed by atoms with Crippen molar-refractivity contribution in [3.8, 4) is 10.4 Å². The molecular weight excluding hydrogens is 466 g/mol. The van der Waals surface area contributed by atoms with Crippen molar-refractivity contribution in [2.45, 2.75) is 26.0 Å². The lowest BCUT2D eigenvalue weighted by Gasteiger charge is -2.18. The van der Waals surface area contributed by atoms with Crippen molar-refractivity contribution < 1.29 is 28.6 Å². The number of carbonyl (C=O) groups is 2. The molecule has 0 radical (unpaired) electrons. The Balaban J connectivity index is 1.69. The van der Waals surface area contributed by atoms with E-state index in [1.165, 1.54) is 24.8 Å². The number of nitrogens with two attached hydrogens (primary N) is 1. The first kappa shape index (κ1) is 23.7. The molecule has 2 amide bonds. The van der Waals surface area contributed by atoms with Crippen LogP contribution < -0.4 is 11.1 Å². The Hall–Kier alpha value is -3.41. The van der Waals surface area contributed by atoms with Gasteiger partial charge in [0.2, 0.25) is 0 Å². The standard InChI is InChI=1S/C23H22F2N4O4S/c1-23(2,33)11-7-14(24)19(15(25)8-11)17-9-13(20(26)31)21(34-17)28-18-4-3-12-16(27-18)10-29(5-6-30)22(12)32/h3-4,7-9,30,33H,5-6,10H2,1-2H3,(H2,26,31)(H,27,28). The second kappa shape index (κ2) is 8.75. The van der Waals surface area contributed by atoms with E-state index in [1.54, 1.807) is 12.1 Å². The number of nitrogens with one attached hydrogen (secondary N) is 1. The van der Waals surface area contributed by atoms with Gasteiger partial charge in [-0.05, 0) is 49.7 Å². The molecule has 0 unspecified atom stereocenters. The van der Waals surface area contributed by atoms with E-state index < -0.39 is 23.1 Å². The number of anilines is 2. The Kier molecular flexibility index (Phi) is 6.11. The first-order valence-electron chi connectivity index (χ1n) is 10.3. The van der Waals surface area contributed by atoms with Crippen LogP contribution in [-0.2, 0) is 12.1 Å². The fourth-order valence-electron chi connectivity index (χ4n) is 3.68. The fourth-order valence-corrected chi connectivity index (χ4v) is 4.80. The number of thiophene rings is 1. The molecule has 1 aliphatic rings. The van der Waals surface area contributed by atoms with Gasteiger partial charge in [-0.3, -0.25) is 9.59 Å². The summed E-state index contributed by atoms with van der Waals surface area (Å²) >= 11 is 0.915. The molecule has 2 aromatic heterocycles. The number of rotatable bonds is 7. The number of benzene rings is 1. The molecule has 3 aromatic rings. The van der Waals surface area contributed by atoms with Crippen molar-refractivity contribution in [1.29, 1.82) is 0 Å². The number of halogens is 2. The van der Waals surface area contributed by atoms with Crippen molar-refractivity contribution >= 4 is 34.0 Å². The van der Waals surface area contributed by atoms with Crippen LogP contribution in [0.15, 0.2) is 30.3 Å². The van der Waals surface area contributed by atoms with Crippen LogP contribution in [-0.4, -0.2) is 45.1 Å².